The Morgan fingerprint density at radius 3 is 1.19 bits per heavy atom. The fourth-order valence-electron chi connectivity index (χ4n) is 9.22. The molecule has 0 aliphatic rings. The lowest BCUT2D eigenvalue weighted by molar-refractivity contribution is -0.870. The van der Waals surface area contributed by atoms with Crippen LogP contribution >= 0.6 is 7.82 Å². The molecule has 4 atom stereocenters. The molecule has 4 N–H and O–H groups in total. The van der Waals surface area contributed by atoms with Gasteiger partial charge in [-0.15, -0.1) is 0 Å². The number of phosphoric acid groups is 1. The van der Waals surface area contributed by atoms with Crippen LogP contribution in [0.1, 0.15) is 296 Å². The van der Waals surface area contributed by atoms with Crippen LogP contribution in [0.3, 0.4) is 0 Å². The van der Waals surface area contributed by atoms with E-state index in [1.165, 1.54) is 218 Å². The lowest BCUT2D eigenvalue weighted by Gasteiger charge is -2.28. The minimum Gasteiger partial charge on any atom is -0.390 e. The van der Waals surface area contributed by atoms with E-state index in [1.54, 1.807) is 0 Å². The smallest absolute Gasteiger partial charge is 0.390 e. The number of nitrogens with zero attached hydrogens (tertiary/aromatic N) is 1. The summed E-state index contributed by atoms with van der Waals surface area (Å²) in [5.41, 5.74) is 0. The molecule has 0 fully saturated rings. The van der Waals surface area contributed by atoms with E-state index in [4.69, 9.17) is 9.05 Å². The van der Waals surface area contributed by atoms with Crippen LogP contribution < -0.4 is 5.32 Å². The minimum absolute atomic E-state index is 0.0159. The van der Waals surface area contributed by atoms with Crippen molar-refractivity contribution in [3.8, 4) is 0 Å². The Labute approximate surface area is 435 Å². The lowest BCUT2D eigenvalue weighted by Crippen LogP contribution is -2.51. The van der Waals surface area contributed by atoms with Crippen molar-refractivity contribution in [1.82, 2.24) is 5.32 Å². The number of carbonyl (C=O) groups excluding carboxylic acids is 1. The zero-order valence-electron chi connectivity index (χ0n) is 47.1. The summed E-state index contributed by atoms with van der Waals surface area (Å²) in [5.74, 6) is -0.267. The van der Waals surface area contributed by atoms with E-state index in [-0.39, 0.29) is 18.9 Å². The van der Waals surface area contributed by atoms with E-state index >= 15 is 0 Å². The molecule has 0 rings (SSSR count). The van der Waals surface area contributed by atoms with Gasteiger partial charge in [0.15, 0.2) is 0 Å². The molecule has 0 heterocycles. The van der Waals surface area contributed by atoms with Crippen LogP contribution in [0.5, 0.6) is 0 Å². The van der Waals surface area contributed by atoms with Crippen LogP contribution in [-0.2, 0) is 18.4 Å². The summed E-state index contributed by atoms with van der Waals surface area (Å²) in [7, 11) is 1.42. The van der Waals surface area contributed by atoms with Gasteiger partial charge in [0.05, 0.1) is 39.9 Å². The first-order valence-corrected chi connectivity index (χ1v) is 31.8. The van der Waals surface area contributed by atoms with Gasteiger partial charge in [0.25, 0.3) is 0 Å². The van der Waals surface area contributed by atoms with E-state index < -0.39 is 32.7 Å². The summed E-state index contributed by atoms with van der Waals surface area (Å²) in [4.78, 5) is 23.3. The molecular weight excluding hydrogens is 892 g/mol. The predicted molar refractivity (Wildman–Crippen MR) is 301 cm³/mol. The molecule has 0 aromatic carbocycles. The molecule has 0 aliphatic heterocycles. The summed E-state index contributed by atoms with van der Waals surface area (Å²) in [6.45, 7) is 4.58. The van der Waals surface area contributed by atoms with Crippen molar-refractivity contribution in [2.24, 2.45) is 0 Å². The third-order valence-corrected chi connectivity index (χ3v) is 15.0. The van der Waals surface area contributed by atoms with Gasteiger partial charge in [-0.05, 0) is 51.4 Å². The van der Waals surface area contributed by atoms with Crippen LogP contribution in [-0.4, -0.2) is 84.6 Å². The van der Waals surface area contributed by atoms with Crippen molar-refractivity contribution in [3.05, 3.63) is 24.3 Å². The van der Waals surface area contributed by atoms with Crippen LogP contribution in [0.15, 0.2) is 24.3 Å². The van der Waals surface area contributed by atoms with Gasteiger partial charge in [0, 0.05) is 6.42 Å². The van der Waals surface area contributed by atoms with Gasteiger partial charge in [-0.3, -0.25) is 13.8 Å². The second kappa shape index (κ2) is 51.4. The second-order valence-electron chi connectivity index (χ2n) is 22.2. The number of quaternary nitrogens is 1. The minimum atomic E-state index is -4.43. The zero-order chi connectivity index (χ0) is 51.5. The third kappa shape index (κ3) is 51.8. The van der Waals surface area contributed by atoms with E-state index in [0.717, 1.165) is 44.9 Å². The van der Waals surface area contributed by atoms with Crippen LogP contribution in [0, 0.1) is 0 Å². The fraction of sp³-hybridized carbons (Fsp3) is 0.917. The first-order valence-electron chi connectivity index (χ1n) is 30.3. The van der Waals surface area contributed by atoms with Crippen LogP contribution in [0.2, 0.25) is 0 Å². The number of hydrogen-bond donors (Lipinski definition) is 4. The van der Waals surface area contributed by atoms with Gasteiger partial charge in [-0.1, -0.05) is 263 Å². The molecule has 0 aromatic heterocycles. The highest BCUT2D eigenvalue weighted by atomic mass is 31.2. The van der Waals surface area contributed by atoms with E-state index in [1.807, 2.05) is 21.1 Å². The van der Waals surface area contributed by atoms with Gasteiger partial charge in [0.1, 0.15) is 19.3 Å². The first kappa shape index (κ1) is 68.9. The number of aliphatic hydroxyl groups is 2. The van der Waals surface area contributed by atoms with Gasteiger partial charge in [0.2, 0.25) is 5.91 Å². The van der Waals surface area contributed by atoms with E-state index in [2.05, 4.69) is 43.5 Å². The number of phosphoric ester groups is 1. The average molecular weight is 1010 g/mol. The quantitative estimate of drug-likeness (QED) is 0.0207. The Hall–Kier alpha value is -1.06. The number of nitrogens with one attached hydrogen (secondary N) is 1. The monoisotopic (exact) mass is 1010 g/mol. The molecule has 0 saturated heterocycles. The first-order chi connectivity index (χ1) is 33.9. The molecular formula is C60H120N2O7P+. The Kier molecular flexibility index (Phi) is 50.6. The molecule has 0 spiro atoms. The standard InChI is InChI=1S/C60H119N2O7P/c1-6-8-10-12-14-16-18-20-21-22-23-24-25-26-27-28-29-30-31-32-33-34-35-36-37-38-39-40-41-43-45-47-49-51-53-59(64)61-57(56-69-70(66,67)68-55-54-62(3,4)5)60(65)58(63)52-50-48-46-44-42-19-17-15-13-11-9-7-2/h15,17,44,46,57-58,60,63,65H,6-14,16,18-43,45,47-56H2,1-5H3,(H-,61,64,66,67)/p+1/b17-15+,46-44+. The van der Waals surface area contributed by atoms with Crippen molar-refractivity contribution in [2.75, 3.05) is 40.9 Å². The molecule has 9 nitrogen and oxygen atoms in total. The Morgan fingerprint density at radius 1 is 0.486 bits per heavy atom. The van der Waals surface area contributed by atoms with Gasteiger partial charge in [-0.25, -0.2) is 4.57 Å². The Bertz CT molecular complexity index is 1210. The maximum Gasteiger partial charge on any atom is 0.472 e. The van der Waals surface area contributed by atoms with Crippen molar-refractivity contribution >= 4 is 13.7 Å². The average Bonchev–Trinajstić information content (AvgIpc) is 3.32. The van der Waals surface area contributed by atoms with E-state index in [9.17, 15) is 24.5 Å². The Balaban J connectivity index is 4.00. The topological polar surface area (TPSA) is 125 Å². The van der Waals surface area contributed by atoms with Crippen molar-refractivity contribution in [2.45, 2.75) is 315 Å². The predicted octanol–water partition coefficient (Wildman–Crippen LogP) is 17.3. The zero-order valence-corrected chi connectivity index (χ0v) is 48.0. The summed E-state index contributed by atoms with van der Waals surface area (Å²) < 4.78 is 23.6. The number of aliphatic hydroxyl groups excluding tert-OH is 2. The summed E-state index contributed by atoms with van der Waals surface area (Å²) in [5, 5.41) is 24.8. The van der Waals surface area contributed by atoms with Gasteiger partial charge >= 0.3 is 7.82 Å². The summed E-state index contributed by atoms with van der Waals surface area (Å²) in [6.07, 6.45) is 61.6. The van der Waals surface area contributed by atoms with Crippen molar-refractivity contribution in [3.63, 3.8) is 0 Å². The molecule has 0 aromatic rings. The van der Waals surface area contributed by atoms with Crippen molar-refractivity contribution < 1.29 is 38.0 Å². The number of rotatable bonds is 56. The number of carbonyl (C=O) groups is 1. The molecule has 416 valence electrons. The van der Waals surface area contributed by atoms with Crippen LogP contribution in [0.4, 0.5) is 0 Å². The molecule has 0 bridgehead atoms. The largest absolute Gasteiger partial charge is 0.472 e. The Morgan fingerprint density at radius 2 is 0.814 bits per heavy atom. The second-order valence-corrected chi connectivity index (χ2v) is 23.7. The maximum atomic E-state index is 13.0. The highest BCUT2D eigenvalue weighted by Crippen LogP contribution is 2.43. The molecule has 1 amide bonds. The fourth-order valence-corrected chi connectivity index (χ4v) is 9.96. The molecule has 0 radical (unpaired) electrons. The molecule has 70 heavy (non-hydrogen) atoms. The molecule has 0 saturated carbocycles. The summed E-state index contributed by atoms with van der Waals surface area (Å²) >= 11 is 0. The lowest BCUT2D eigenvalue weighted by atomic mass is 10.0. The normalized spacial score (nSPS) is 14.5. The van der Waals surface area contributed by atoms with E-state index in [0.29, 0.717) is 23.9 Å². The van der Waals surface area contributed by atoms with Crippen molar-refractivity contribution in [1.29, 1.82) is 0 Å². The number of likely N-dealkylation sites (N-methyl/N-ethyl adjacent to an activating group) is 1. The van der Waals surface area contributed by atoms with Gasteiger partial charge in [-0.2, -0.15) is 0 Å². The highest BCUT2D eigenvalue weighted by molar-refractivity contribution is 7.47. The number of allylic oxidation sites excluding steroid dienone is 4. The SMILES string of the molecule is CCCCC/C=C/CC/C=C/CCCC(O)C(O)C(COP(=O)(O)OCC[N+](C)(C)C)NC(=O)CCCCCCCCCCCCCCCCCCCCCCCCCCCCCCCCCCCC. The summed E-state index contributed by atoms with van der Waals surface area (Å²) in [6, 6.07) is -1.05. The number of amides is 1. The third-order valence-electron chi connectivity index (χ3n) is 14.0. The number of unbranched alkanes of at least 4 members (excludes halogenated alkanes) is 38. The van der Waals surface area contributed by atoms with Gasteiger partial charge < -0.3 is 24.9 Å². The molecule has 4 unspecified atom stereocenters. The highest BCUT2D eigenvalue weighted by Gasteiger charge is 2.32. The molecule has 0 aliphatic carbocycles. The molecule has 10 heteroatoms. The maximum absolute atomic E-state index is 13.0. The number of hydrogen-bond acceptors (Lipinski definition) is 6. The van der Waals surface area contributed by atoms with Crippen LogP contribution in [0.25, 0.3) is 0 Å².